The van der Waals surface area contributed by atoms with Crippen molar-refractivity contribution in [1.29, 1.82) is 0 Å². The number of carbonyl (C=O) groups excluding carboxylic acids is 1. The summed E-state index contributed by atoms with van der Waals surface area (Å²) in [6.45, 7) is 4.20. The summed E-state index contributed by atoms with van der Waals surface area (Å²) in [5.41, 5.74) is 1.50. The molecule has 0 aliphatic carbocycles. The van der Waals surface area contributed by atoms with Crippen molar-refractivity contribution in [2.75, 3.05) is 0 Å². The molecule has 1 aromatic carbocycles. The van der Waals surface area contributed by atoms with Crippen LogP contribution in [0.2, 0.25) is 0 Å². The molecule has 0 spiro atoms. The molecule has 2 nitrogen and oxygen atoms in total. The number of phenolic OH excluding ortho intramolecular Hbond substituents is 1. The Bertz CT molecular complexity index is 451. The van der Waals surface area contributed by atoms with Crippen molar-refractivity contribution in [2.45, 2.75) is 90.9 Å². The molecule has 0 radical (unpaired) electrons. The number of carbonyl (C=O) groups is 1. The lowest BCUT2D eigenvalue weighted by Gasteiger charge is -2.05. The Morgan fingerprint density at radius 3 is 1.96 bits per heavy atom. The highest BCUT2D eigenvalue weighted by molar-refractivity contribution is 5.98. The van der Waals surface area contributed by atoms with Gasteiger partial charge in [0.05, 0.1) is 5.56 Å². The molecule has 1 rings (SSSR count). The lowest BCUT2D eigenvalue weighted by Crippen LogP contribution is -2.00. The van der Waals surface area contributed by atoms with Crippen molar-refractivity contribution >= 4 is 5.78 Å². The smallest absolute Gasteiger partial charge is 0.166 e. The van der Waals surface area contributed by atoms with Crippen LogP contribution in [0.1, 0.15) is 99.9 Å². The van der Waals surface area contributed by atoms with Gasteiger partial charge >= 0.3 is 0 Å². The molecule has 0 aliphatic rings. The molecule has 0 atom stereocenters. The summed E-state index contributed by atoms with van der Waals surface area (Å²) in [7, 11) is 0. The summed E-state index contributed by atoms with van der Waals surface area (Å²) in [6, 6.07) is 5.23. The predicted molar refractivity (Wildman–Crippen MR) is 98.3 cm³/mol. The summed E-state index contributed by atoms with van der Waals surface area (Å²) >= 11 is 0. The lowest BCUT2D eigenvalue weighted by atomic mass is 10.0. The van der Waals surface area contributed by atoms with Crippen LogP contribution in [0.5, 0.6) is 5.75 Å². The third kappa shape index (κ3) is 8.78. The summed E-state index contributed by atoms with van der Waals surface area (Å²) in [6.07, 6.45) is 14.7. The predicted octanol–water partition coefficient (Wildman–Crippen LogP) is 6.58. The van der Waals surface area contributed by atoms with Crippen molar-refractivity contribution in [3.8, 4) is 5.75 Å². The molecular formula is C21H34O2. The highest BCUT2D eigenvalue weighted by atomic mass is 16.3. The SMILES string of the molecule is CCCCCCCCCCCCCC(=O)c1cc(C)ccc1O. The maximum absolute atomic E-state index is 12.1. The largest absolute Gasteiger partial charge is 0.507 e. The van der Waals surface area contributed by atoms with Crippen LogP contribution in [0, 0.1) is 6.92 Å². The number of hydrogen-bond acceptors (Lipinski definition) is 2. The zero-order valence-electron chi connectivity index (χ0n) is 15.1. The van der Waals surface area contributed by atoms with Gasteiger partial charge in [0, 0.05) is 6.42 Å². The molecular weight excluding hydrogens is 284 g/mol. The minimum atomic E-state index is 0.0714. The van der Waals surface area contributed by atoms with Gasteiger partial charge in [0.25, 0.3) is 0 Å². The summed E-state index contributed by atoms with van der Waals surface area (Å²) in [5.74, 6) is 0.186. The Morgan fingerprint density at radius 2 is 1.39 bits per heavy atom. The van der Waals surface area contributed by atoms with Crippen molar-refractivity contribution < 1.29 is 9.90 Å². The van der Waals surface area contributed by atoms with Crippen molar-refractivity contribution in [2.24, 2.45) is 0 Å². The van der Waals surface area contributed by atoms with Crippen molar-refractivity contribution in [3.05, 3.63) is 29.3 Å². The zero-order chi connectivity index (χ0) is 16.9. The van der Waals surface area contributed by atoms with Crippen LogP contribution in [0.4, 0.5) is 0 Å². The molecule has 0 unspecified atom stereocenters. The fraction of sp³-hybridized carbons (Fsp3) is 0.667. The number of Topliss-reactive ketones (excluding diaryl/α,β-unsaturated/α-hetero) is 1. The first kappa shape index (κ1) is 19.7. The Kier molecular flexibility index (Phi) is 10.4. The average Bonchev–Trinajstić information content (AvgIpc) is 2.54. The second-order valence-corrected chi connectivity index (χ2v) is 6.73. The minimum absolute atomic E-state index is 0.0714. The molecule has 0 aliphatic heterocycles. The van der Waals surface area contributed by atoms with Crippen LogP contribution in [0.25, 0.3) is 0 Å². The quantitative estimate of drug-likeness (QED) is 0.329. The van der Waals surface area contributed by atoms with Crippen LogP contribution in [-0.4, -0.2) is 10.9 Å². The molecule has 0 bridgehead atoms. The summed E-state index contributed by atoms with van der Waals surface area (Å²) in [5, 5.41) is 9.76. The number of phenols is 1. The van der Waals surface area contributed by atoms with Crippen molar-refractivity contribution in [3.63, 3.8) is 0 Å². The first-order valence-corrected chi connectivity index (χ1v) is 9.48. The molecule has 0 saturated heterocycles. The molecule has 130 valence electrons. The first-order valence-electron chi connectivity index (χ1n) is 9.48. The molecule has 0 fully saturated rings. The molecule has 23 heavy (non-hydrogen) atoms. The maximum Gasteiger partial charge on any atom is 0.166 e. The van der Waals surface area contributed by atoms with Gasteiger partial charge in [-0.15, -0.1) is 0 Å². The van der Waals surface area contributed by atoms with E-state index in [4.69, 9.17) is 0 Å². The second-order valence-electron chi connectivity index (χ2n) is 6.73. The molecule has 0 amide bonds. The topological polar surface area (TPSA) is 37.3 Å². The second kappa shape index (κ2) is 12.2. The fourth-order valence-corrected chi connectivity index (χ4v) is 2.96. The van der Waals surface area contributed by atoms with Gasteiger partial charge in [0.1, 0.15) is 5.75 Å². The van der Waals surface area contributed by atoms with Gasteiger partial charge in [0.2, 0.25) is 0 Å². The first-order chi connectivity index (χ1) is 11.1. The minimum Gasteiger partial charge on any atom is -0.507 e. The Balaban J connectivity index is 2.02. The zero-order valence-corrected chi connectivity index (χ0v) is 15.1. The molecule has 1 aromatic rings. The highest BCUT2D eigenvalue weighted by Crippen LogP contribution is 2.21. The van der Waals surface area contributed by atoms with E-state index in [1.807, 2.05) is 13.0 Å². The molecule has 2 heteroatoms. The van der Waals surface area contributed by atoms with E-state index in [1.54, 1.807) is 12.1 Å². The number of ketones is 1. The van der Waals surface area contributed by atoms with Gasteiger partial charge in [-0.3, -0.25) is 4.79 Å². The van der Waals surface area contributed by atoms with Crippen LogP contribution >= 0.6 is 0 Å². The normalized spacial score (nSPS) is 10.9. The van der Waals surface area contributed by atoms with E-state index in [1.165, 1.54) is 57.8 Å². The number of aryl methyl sites for hydroxylation is 1. The van der Waals surface area contributed by atoms with E-state index in [-0.39, 0.29) is 11.5 Å². The summed E-state index contributed by atoms with van der Waals surface area (Å²) < 4.78 is 0. The fourth-order valence-electron chi connectivity index (χ4n) is 2.96. The van der Waals surface area contributed by atoms with Crippen molar-refractivity contribution in [1.82, 2.24) is 0 Å². The van der Waals surface area contributed by atoms with Crippen LogP contribution in [0.15, 0.2) is 18.2 Å². The van der Waals surface area contributed by atoms with Gasteiger partial charge in [0.15, 0.2) is 5.78 Å². The van der Waals surface area contributed by atoms with E-state index < -0.39 is 0 Å². The molecule has 1 N–H and O–H groups in total. The lowest BCUT2D eigenvalue weighted by molar-refractivity contribution is 0.0976. The number of aromatic hydroxyl groups is 1. The van der Waals surface area contributed by atoms with E-state index in [0.29, 0.717) is 12.0 Å². The van der Waals surface area contributed by atoms with Crippen LogP contribution in [-0.2, 0) is 0 Å². The van der Waals surface area contributed by atoms with Crippen LogP contribution < -0.4 is 0 Å². The van der Waals surface area contributed by atoms with Gasteiger partial charge in [-0.05, 0) is 25.5 Å². The van der Waals surface area contributed by atoms with Gasteiger partial charge in [-0.1, -0.05) is 82.8 Å². The maximum atomic E-state index is 12.1. The van der Waals surface area contributed by atoms with E-state index in [9.17, 15) is 9.90 Å². The number of benzene rings is 1. The molecule has 0 saturated carbocycles. The van der Waals surface area contributed by atoms with E-state index >= 15 is 0 Å². The third-order valence-electron chi connectivity index (χ3n) is 4.46. The number of rotatable bonds is 13. The van der Waals surface area contributed by atoms with Gasteiger partial charge < -0.3 is 5.11 Å². The Labute approximate surface area is 142 Å². The third-order valence-corrected chi connectivity index (χ3v) is 4.46. The standard InChI is InChI=1S/C21H34O2/c1-3-4-5-6-7-8-9-10-11-12-13-14-20(22)19-17-18(2)15-16-21(19)23/h15-17,23H,3-14H2,1-2H3. The molecule has 0 heterocycles. The summed E-state index contributed by atoms with van der Waals surface area (Å²) in [4.78, 5) is 12.1. The molecule has 0 aromatic heterocycles. The van der Waals surface area contributed by atoms with E-state index in [0.717, 1.165) is 18.4 Å². The van der Waals surface area contributed by atoms with Crippen LogP contribution in [0.3, 0.4) is 0 Å². The monoisotopic (exact) mass is 318 g/mol. The number of unbranched alkanes of at least 4 members (excludes halogenated alkanes) is 10. The Morgan fingerprint density at radius 1 is 0.870 bits per heavy atom. The van der Waals surface area contributed by atoms with Gasteiger partial charge in [-0.2, -0.15) is 0 Å². The highest BCUT2D eigenvalue weighted by Gasteiger charge is 2.10. The van der Waals surface area contributed by atoms with E-state index in [2.05, 4.69) is 6.92 Å². The number of hydrogen-bond donors (Lipinski definition) is 1. The average molecular weight is 319 g/mol. The Hall–Kier alpha value is -1.31. The van der Waals surface area contributed by atoms with Gasteiger partial charge in [-0.25, -0.2) is 0 Å².